The number of ether oxygens (including phenoxy) is 1. The van der Waals surface area contributed by atoms with Crippen LogP contribution in [0.5, 0.6) is 0 Å². The van der Waals surface area contributed by atoms with E-state index in [0.717, 1.165) is 14.2 Å². The van der Waals surface area contributed by atoms with Crippen LogP contribution in [0.25, 0.3) is 11.2 Å². The van der Waals surface area contributed by atoms with Crippen molar-refractivity contribution in [3.8, 4) is 0 Å². The van der Waals surface area contributed by atoms with Crippen LogP contribution in [0.2, 0.25) is 0 Å². The Hall–Kier alpha value is -1.93. The molecular weight excluding hydrogens is 472 g/mol. The zero-order chi connectivity index (χ0) is 23.5. The van der Waals surface area contributed by atoms with Crippen molar-refractivity contribution in [3.63, 3.8) is 0 Å². The van der Waals surface area contributed by atoms with Gasteiger partial charge >= 0.3 is 0 Å². The maximum Gasteiger partial charge on any atom is 0.280 e. The Labute approximate surface area is 181 Å². The number of nitrogens with zero attached hydrogens (tertiary/aromatic N) is 3. The van der Waals surface area contributed by atoms with E-state index in [1.54, 1.807) is 6.08 Å². The SMILES string of the molecule is C=CCNc1nc2c(ncn2[C@H]2CC(OP(=O)([O-])OC)[C@@H](COP(=O)([O-])OC)O2)c(=O)[nH]1. The van der Waals surface area contributed by atoms with Crippen LogP contribution in [-0.2, 0) is 32.0 Å². The van der Waals surface area contributed by atoms with Gasteiger partial charge in [0.1, 0.15) is 12.3 Å². The molecule has 1 fully saturated rings. The van der Waals surface area contributed by atoms with Crippen molar-refractivity contribution in [2.45, 2.75) is 24.9 Å². The Morgan fingerprint density at radius 3 is 2.75 bits per heavy atom. The molecular formula is C15H21N5O10P2-2. The highest BCUT2D eigenvalue weighted by Crippen LogP contribution is 2.46. The van der Waals surface area contributed by atoms with E-state index in [2.05, 4.69) is 35.9 Å². The molecule has 178 valence electrons. The number of fused-ring (bicyclic) bond motifs is 1. The van der Waals surface area contributed by atoms with Crippen LogP contribution >= 0.6 is 15.6 Å². The Morgan fingerprint density at radius 1 is 1.38 bits per heavy atom. The molecule has 0 radical (unpaired) electrons. The van der Waals surface area contributed by atoms with Crippen molar-refractivity contribution >= 4 is 32.8 Å². The maximum absolute atomic E-state index is 12.3. The van der Waals surface area contributed by atoms with Gasteiger partial charge in [0.15, 0.2) is 11.2 Å². The molecule has 3 unspecified atom stereocenters. The molecule has 32 heavy (non-hydrogen) atoms. The fourth-order valence-corrected chi connectivity index (χ4v) is 4.02. The summed E-state index contributed by atoms with van der Waals surface area (Å²) in [5.74, 6) is 0.158. The fraction of sp³-hybridized carbons (Fsp3) is 0.533. The van der Waals surface area contributed by atoms with Crippen LogP contribution in [-0.4, -0.2) is 59.1 Å². The molecule has 0 amide bonds. The van der Waals surface area contributed by atoms with E-state index >= 15 is 0 Å². The molecule has 0 saturated carbocycles. The standard InChI is InChI=1S/C15H23N5O10P2/c1-4-5-16-15-18-13-12(14(21)19-15)17-8-20(13)11-6-9(30-32(24,25)27-3)10(29-11)7-28-31(22,23)26-2/h4,8-11H,1,5-7H2,2-3H3,(H,22,23)(H,24,25)(H2,16,18,19,21)/p-2/t9?,10-,11-/m1/s1. The first-order chi connectivity index (χ1) is 15.1. The van der Waals surface area contributed by atoms with Crippen molar-refractivity contribution < 1.29 is 41.7 Å². The number of imidazole rings is 1. The number of anilines is 1. The van der Waals surface area contributed by atoms with Gasteiger partial charge in [-0.05, 0) is 0 Å². The molecule has 3 rings (SSSR count). The summed E-state index contributed by atoms with van der Waals surface area (Å²) >= 11 is 0. The highest BCUT2D eigenvalue weighted by Gasteiger charge is 2.40. The number of phosphoric ester groups is 2. The average molecular weight is 493 g/mol. The van der Waals surface area contributed by atoms with E-state index in [4.69, 9.17) is 13.8 Å². The van der Waals surface area contributed by atoms with Crippen molar-refractivity contribution in [3.05, 3.63) is 29.3 Å². The maximum atomic E-state index is 12.3. The van der Waals surface area contributed by atoms with Gasteiger partial charge in [-0.1, -0.05) is 6.08 Å². The average Bonchev–Trinajstić information content (AvgIpc) is 3.34. The molecule has 17 heteroatoms. The second-order valence-electron chi connectivity index (χ2n) is 6.47. The monoisotopic (exact) mass is 493 g/mol. The number of H-pyrrole nitrogens is 1. The number of hydrogen-bond donors (Lipinski definition) is 2. The summed E-state index contributed by atoms with van der Waals surface area (Å²) in [6, 6.07) is 0. The van der Waals surface area contributed by atoms with Crippen LogP contribution in [0.15, 0.2) is 23.8 Å². The van der Waals surface area contributed by atoms with Crippen LogP contribution < -0.4 is 20.7 Å². The van der Waals surface area contributed by atoms with Gasteiger partial charge in [-0.2, -0.15) is 4.98 Å². The lowest BCUT2D eigenvalue weighted by molar-refractivity contribution is -0.231. The number of aromatic nitrogens is 4. The molecule has 2 aromatic rings. The molecule has 2 N–H and O–H groups in total. The Bertz CT molecular complexity index is 1120. The van der Waals surface area contributed by atoms with Crippen molar-refractivity contribution in [1.82, 2.24) is 19.5 Å². The first kappa shape index (κ1) is 24.7. The van der Waals surface area contributed by atoms with Crippen LogP contribution in [0.4, 0.5) is 5.95 Å². The summed E-state index contributed by atoms with van der Waals surface area (Å²) in [5.41, 5.74) is -0.347. The number of phosphoric acid groups is 2. The molecule has 5 atom stereocenters. The number of rotatable bonds is 11. The predicted octanol–water partition coefficient (Wildman–Crippen LogP) is -0.364. The molecule has 0 spiro atoms. The first-order valence-electron chi connectivity index (χ1n) is 9.12. The minimum absolute atomic E-state index is 0.0183. The summed E-state index contributed by atoms with van der Waals surface area (Å²) in [6.45, 7) is 3.31. The van der Waals surface area contributed by atoms with E-state index in [1.807, 2.05) is 0 Å². The van der Waals surface area contributed by atoms with Gasteiger partial charge in [0.2, 0.25) is 5.95 Å². The van der Waals surface area contributed by atoms with Crippen LogP contribution in [0.3, 0.4) is 0 Å². The van der Waals surface area contributed by atoms with E-state index in [0.29, 0.717) is 6.54 Å². The van der Waals surface area contributed by atoms with E-state index < -0.39 is 46.2 Å². The topological polar surface area (TPSA) is 202 Å². The summed E-state index contributed by atoms with van der Waals surface area (Å²) in [7, 11) is -7.47. The van der Waals surface area contributed by atoms with Gasteiger partial charge in [-0.25, -0.2) is 4.98 Å². The van der Waals surface area contributed by atoms with Gasteiger partial charge in [0, 0.05) is 27.2 Å². The third-order valence-electron chi connectivity index (χ3n) is 4.45. The quantitative estimate of drug-likeness (QED) is 0.304. The molecule has 2 aromatic heterocycles. The lowest BCUT2D eigenvalue weighted by Gasteiger charge is -2.28. The highest BCUT2D eigenvalue weighted by molar-refractivity contribution is 7.46. The third kappa shape index (κ3) is 5.70. The van der Waals surface area contributed by atoms with E-state index in [1.165, 1.54) is 10.9 Å². The van der Waals surface area contributed by atoms with Gasteiger partial charge in [0.25, 0.3) is 21.2 Å². The molecule has 1 aliphatic heterocycles. The van der Waals surface area contributed by atoms with Crippen molar-refractivity contribution in [1.29, 1.82) is 0 Å². The predicted molar refractivity (Wildman–Crippen MR) is 105 cm³/mol. The van der Waals surface area contributed by atoms with E-state index in [-0.39, 0.29) is 23.5 Å². The number of hydrogen-bond acceptors (Lipinski definition) is 13. The normalized spacial score (nSPS) is 24.8. The smallest absolute Gasteiger partial charge is 0.280 e. The van der Waals surface area contributed by atoms with Crippen molar-refractivity contribution in [2.24, 2.45) is 0 Å². The Morgan fingerprint density at radius 2 is 2.09 bits per heavy atom. The molecule has 0 bridgehead atoms. The minimum atomic E-state index is -4.69. The molecule has 1 saturated heterocycles. The largest absolute Gasteiger partial charge is 0.756 e. The van der Waals surface area contributed by atoms with Gasteiger partial charge in [-0.15, -0.1) is 6.58 Å². The molecule has 15 nitrogen and oxygen atoms in total. The molecule has 0 aliphatic carbocycles. The second-order valence-corrected chi connectivity index (χ2v) is 9.46. The van der Waals surface area contributed by atoms with Gasteiger partial charge < -0.3 is 37.9 Å². The lowest BCUT2D eigenvalue weighted by atomic mass is 10.2. The first-order valence-corrected chi connectivity index (χ1v) is 12.0. The summed E-state index contributed by atoms with van der Waals surface area (Å²) in [6.07, 6.45) is -0.443. The number of aromatic amines is 1. The minimum Gasteiger partial charge on any atom is -0.756 e. The molecule has 0 aromatic carbocycles. The zero-order valence-corrected chi connectivity index (χ0v) is 18.8. The highest BCUT2D eigenvalue weighted by atomic mass is 31.2. The van der Waals surface area contributed by atoms with E-state index in [9.17, 15) is 23.7 Å². The fourth-order valence-electron chi connectivity index (χ4n) is 2.95. The number of nitrogens with one attached hydrogen (secondary N) is 2. The van der Waals surface area contributed by atoms with Gasteiger partial charge in [0.05, 0.1) is 19.0 Å². The zero-order valence-electron chi connectivity index (χ0n) is 17.0. The lowest BCUT2D eigenvalue weighted by Crippen LogP contribution is -2.30. The van der Waals surface area contributed by atoms with Crippen molar-refractivity contribution in [2.75, 3.05) is 32.7 Å². The second kappa shape index (κ2) is 9.91. The third-order valence-corrected chi connectivity index (χ3v) is 6.33. The molecule has 1 aliphatic rings. The summed E-state index contributed by atoms with van der Waals surface area (Å²) < 4.78 is 48.8. The van der Waals surface area contributed by atoms with Crippen LogP contribution in [0, 0.1) is 0 Å². The van der Waals surface area contributed by atoms with Crippen LogP contribution in [0.1, 0.15) is 12.6 Å². The Kier molecular flexibility index (Phi) is 7.65. The Balaban J connectivity index is 1.90. The summed E-state index contributed by atoms with van der Waals surface area (Å²) in [4.78, 5) is 46.5. The molecule has 3 heterocycles. The summed E-state index contributed by atoms with van der Waals surface area (Å²) in [5, 5.41) is 2.85. The van der Waals surface area contributed by atoms with Gasteiger partial charge in [-0.3, -0.25) is 23.5 Å².